The van der Waals surface area contributed by atoms with E-state index < -0.39 is 49.7 Å². The van der Waals surface area contributed by atoms with Gasteiger partial charge in [0.1, 0.15) is 5.75 Å². The molecule has 0 bridgehead atoms. The molecule has 160 valence electrons. The quantitative estimate of drug-likeness (QED) is 0.368. The molecule has 8 nitrogen and oxygen atoms in total. The van der Waals surface area contributed by atoms with Gasteiger partial charge in [-0.1, -0.05) is 27.7 Å². The van der Waals surface area contributed by atoms with Crippen LogP contribution in [0.25, 0.3) is 0 Å². The number of primary amides is 1. The predicted molar refractivity (Wildman–Crippen MR) is 92.4 cm³/mol. The molecule has 0 saturated heterocycles. The highest BCUT2D eigenvalue weighted by Crippen LogP contribution is 2.44. The van der Waals surface area contributed by atoms with Gasteiger partial charge < -0.3 is 25.4 Å². The third-order valence-electron chi connectivity index (χ3n) is 4.00. The molecule has 1 aromatic carbocycles. The molecular weight excluding hydrogens is 406 g/mol. The number of rotatable bonds is 8. The number of aliphatic hydroxyl groups is 1. The maximum absolute atomic E-state index is 13.5. The van der Waals surface area contributed by atoms with Crippen molar-refractivity contribution in [2.24, 2.45) is 5.73 Å². The zero-order chi connectivity index (χ0) is 22.1. The molecule has 28 heavy (non-hydrogen) atoms. The number of amides is 1. The molecule has 1 amide bonds. The van der Waals surface area contributed by atoms with Crippen LogP contribution in [0.1, 0.15) is 56.2 Å². The number of phosphoric acid groups is 1. The van der Waals surface area contributed by atoms with Crippen LogP contribution in [-0.4, -0.2) is 33.8 Å². The molecule has 0 aliphatic rings. The van der Waals surface area contributed by atoms with Crippen LogP contribution in [0.5, 0.6) is 5.75 Å². The Hall–Kier alpha value is -1.65. The molecule has 0 heterocycles. The summed E-state index contributed by atoms with van der Waals surface area (Å²) < 4.78 is 60.7. The van der Waals surface area contributed by atoms with Gasteiger partial charge in [-0.25, -0.2) is 9.09 Å². The van der Waals surface area contributed by atoms with Crippen molar-refractivity contribution in [1.29, 1.82) is 0 Å². The van der Waals surface area contributed by atoms with Gasteiger partial charge in [-0.05, 0) is 35.1 Å². The SMILES string of the molecule is CC(C)c1cc(C(O)(C(N)=O)C(F)(F)F)cc(C(C)C)c1OCOP(=O)(O)O. The van der Waals surface area contributed by atoms with Crippen molar-refractivity contribution in [3.05, 3.63) is 28.8 Å². The maximum atomic E-state index is 13.5. The second-order valence-electron chi connectivity index (χ2n) is 6.75. The lowest BCUT2D eigenvalue weighted by Crippen LogP contribution is -2.52. The Morgan fingerprint density at radius 1 is 1.14 bits per heavy atom. The molecule has 0 saturated carbocycles. The Morgan fingerprint density at radius 2 is 1.57 bits per heavy atom. The Bertz CT molecular complexity index is 747. The lowest BCUT2D eigenvalue weighted by atomic mass is 9.84. The van der Waals surface area contributed by atoms with Gasteiger partial charge in [0, 0.05) is 5.56 Å². The van der Waals surface area contributed by atoms with Crippen LogP contribution in [0.4, 0.5) is 13.2 Å². The lowest BCUT2D eigenvalue weighted by molar-refractivity contribution is -0.255. The summed E-state index contributed by atoms with van der Waals surface area (Å²) in [5.74, 6) is -2.82. The molecule has 12 heteroatoms. The summed E-state index contributed by atoms with van der Waals surface area (Å²) in [5.41, 5.74) is 0.503. The van der Waals surface area contributed by atoms with Crippen LogP contribution in [0.15, 0.2) is 12.1 Å². The number of alkyl halides is 3. The second-order valence-corrected chi connectivity index (χ2v) is 7.99. The van der Waals surface area contributed by atoms with Crippen molar-refractivity contribution < 1.29 is 46.7 Å². The first-order valence-corrected chi connectivity index (χ1v) is 9.65. The van der Waals surface area contributed by atoms with E-state index in [0.29, 0.717) is 0 Å². The molecule has 1 aromatic rings. The molecule has 0 spiro atoms. The second kappa shape index (κ2) is 8.38. The van der Waals surface area contributed by atoms with Crippen molar-refractivity contribution in [3.8, 4) is 5.75 Å². The normalized spacial score (nSPS) is 15.0. The summed E-state index contributed by atoms with van der Waals surface area (Å²) in [6, 6.07) is 1.86. The maximum Gasteiger partial charge on any atom is 0.472 e. The number of benzene rings is 1. The highest BCUT2D eigenvalue weighted by Gasteiger charge is 2.60. The van der Waals surface area contributed by atoms with E-state index in [0.717, 1.165) is 12.1 Å². The summed E-state index contributed by atoms with van der Waals surface area (Å²) in [5, 5.41) is 10.1. The number of ether oxygens (including phenoxy) is 1. The van der Waals surface area contributed by atoms with Crippen LogP contribution in [-0.2, 0) is 19.5 Å². The van der Waals surface area contributed by atoms with Gasteiger partial charge in [-0.2, -0.15) is 13.2 Å². The Kier molecular flexibility index (Phi) is 7.30. The molecule has 0 aliphatic carbocycles. The summed E-state index contributed by atoms with van der Waals surface area (Å²) in [4.78, 5) is 29.0. The first-order chi connectivity index (χ1) is 12.5. The van der Waals surface area contributed by atoms with E-state index in [9.17, 15) is 27.6 Å². The van der Waals surface area contributed by atoms with Gasteiger partial charge in [0.05, 0.1) is 0 Å². The van der Waals surface area contributed by atoms with Gasteiger partial charge in [-0.3, -0.25) is 4.79 Å². The van der Waals surface area contributed by atoms with E-state index in [2.05, 4.69) is 4.52 Å². The molecular formula is C16H23F3NO7P. The van der Waals surface area contributed by atoms with Gasteiger partial charge >= 0.3 is 14.0 Å². The van der Waals surface area contributed by atoms with Gasteiger partial charge in [0.2, 0.25) is 0 Å². The van der Waals surface area contributed by atoms with Crippen LogP contribution in [0.3, 0.4) is 0 Å². The highest BCUT2D eigenvalue weighted by molar-refractivity contribution is 7.46. The number of halogens is 3. The van der Waals surface area contributed by atoms with E-state index in [1.54, 1.807) is 27.7 Å². The number of carbonyl (C=O) groups is 1. The standard InChI is InChI=1S/C16H23F3NO7P/c1-8(2)11-5-10(15(22,14(20)21)16(17,18)19)6-12(9(3)4)13(11)26-7-27-28(23,24)25/h5-6,8-9,22H,7H2,1-4H3,(H2,20,21)(H2,23,24,25). The van der Waals surface area contributed by atoms with Crippen molar-refractivity contribution in [2.45, 2.75) is 51.3 Å². The fraction of sp³-hybridized carbons (Fsp3) is 0.562. The molecule has 5 N–H and O–H groups in total. The monoisotopic (exact) mass is 429 g/mol. The summed E-state index contributed by atoms with van der Waals surface area (Å²) >= 11 is 0. The van der Waals surface area contributed by atoms with Gasteiger partial charge in [0.25, 0.3) is 11.5 Å². The third-order valence-corrected chi connectivity index (χ3v) is 4.44. The number of carbonyl (C=O) groups excluding carboxylic acids is 1. The van der Waals surface area contributed by atoms with Crippen LogP contribution in [0.2, 0.25) is 0 Å². The number of nitrogens with two attached hydrogens (primary N) is 1. The molecule has 0 radical (unpaired) electrons. The van der Waals surface area contributed by atoms with E-state index in [1.165, 1.54) is 0 Å². The van der Waals surface area contributed by atoms with Crippen molar-refractivity contribution in [3.63, 3.8) is 0 Å². The Morgan fingerprint density at radius 3 is 1.86 bits per heavy atom. The lowest BCUT2D eigenvalue weighted by Gasteiger charge is -2.30. The average molecular weight is 429 g/mol. The highest BCUT2D eigenvalue weighted by atomic mass is 31.2. The third kappa shape index (κ3) is 5.24. The topological polar surface area (TPSA) is 139 Å². The minimum atomic E-state index is -5.37. The van der Waals surface area contributed by atoms with Gasteiger partial charge in [0.15, 0.2) is 6.79 Å². The van der Waals surface area contributed by atoms with E-state index in [4.69, 9.17) is 20.3 Å². The van der Waals surface area contributed by atoms with Crippen molar-refractivity contribution in [2.75, 3.05) is 6.79 Å². The fourth-order valence-corrected chi connectivity index (χ4v) is 2.70. The number of hydrogen-bond acceptors (Lipinski definition) is 5. The number of phosphoric ester groups is 1. The number of hydrogen-bond donors (Lipinski definition) is 4. The first-order valence-electron chi connectivity index (χ1n) is 8.12. The zero-order valence-corrected chi connectivity index (χ0v) is 16.5. The van der Waals surface area contributed by atoms with E-state index in [1.807, 2.05) is 0 Å². The molecule has 0 aromatic heterocycles. The average Bonchev–Trinajstić information content (AvgIpc) is 2.50. The largest absolute Gasteiger partial charge is 0.472 e. The smallest absolute Gasteiger partial charge is 0.466 e. The fourth-order valence-electron chi connectivity index (χ4n) is 2.51. The minimum absolute atomic E-state index is 0.0381. The molecule has 0 fully saturated rings. The Labute approximate surface area is 159 Å². The van der Waals surface area contributed by atoms with Crippen molar-refractivity contribution in [1.82, 2.24) is 0 Å². The minimum Gasteiger partial charge on any atom is -0.466 e. The van der Waals surface area contributed by atoms with E-state index in [-0.39, 0.29) is 16.9 Å². The molecule has 1 rings (SSSR count). The first kappa shape index (κ1) is 24.4. The van der Waals surface area contributed by atoms with Gasteiger partial charge in [-0.15, -0.1) is 0 Å². The van der Waals surface area contributed by atoms with Crippen molar-refractivity contribution >= 4 is 13.7 Å². The predicted octanol–water partition coefficient (Wildman–Crippen LogP) is 2.61. The molecule has 0 aliphatic heterocycles. The molecule has 1 unspecified atom stereocenters. The summed E-state index contributed by atoms with van der Waals surface area (Å²) in [7, 11) is -4.83. The van der Waals surface area contributed by atoms with Crippen LogP contribution in [0, 0.1) is 0 Å². The Balaban J connectivity index is 3.65. The summed E-state index contributed by atoms with van der Waals surface area (Å²) in [6.07, 6.45) is -5.37. The van der Waals surface area contributed by atoms with Crippen LogP contribution < -0.4 is 10.5 Å². The molecule has 1 atom stereocenters. The summed E-state index contributed by atoms with van der Waals surface area (Å²) in [6.45, 7) is 5.63. The zero-order valence-electron chi connectivity index (χ0n) is 15.6. The van der Waals surface area contributed by atoms with Crippen LogP contribution >= 0.6 is 7.82 Å². The van der Waals surface area contributed by atoms with E-state index >= 15 is 0 Å².